The van der Waals surface area contributed by atoms with E-state index in [0.29, 0.717) is 32.3 Å². The Balaban J connectivity index is 1.22. The summed E-state index contributed by atoms with van der Waals surface area (Å²) in [7, 11) is 1.70. The third kappa shape index (κ3) is 7.56. The molecule has 1 heterocycles. The number of nitrogens with one attached hydrogen (secondary N) is 1. The topological polar surface area (TPSA) is 49.0 Å². The van der Waals surface area contributed by atoms with Gasteiger partial charge in [-0.05, 0) is 60.3 Å². The van der Waals surface area contributed by atoms with Crippen LogP contribution < -0.4 is 14.8 Å². The minimum atomic E-state index is 0.139. The second-order valence-corrected chi connectivity index (χ2v) is 9.06. The van der Waals surface area contributed by atoms with Crippen molar-refractivity contribution in [1.29, 1.82) is 0 Å². The van der Waals surface area contributed by atoms with Crippen molar-refractivity contribution in [2.45, 2.75) is 45.0 Å². The van der Waals surface area contributed by atoms with E-state index in [2.05, 4.69) is 60.8 Å². The third-order valence-electron chi connectivity index (χ3n) is 6.47. The van der Waals surface area contributed by atoms with Crippen molar-refractivity contribution in [1.82, 2.24) is 5.32 Å². The maximum absolute atomic E-state index is 6.38. The van der Waals surface area contributed by atoms with Gasteiger partial charge in [-0.15, -0.1) is 0 Å². The summed E-state index contributed by atoms with van der Waals surface area (Å²) in [6, 6.07) is 25.0. The fraction of sp³-hybridized carbons (Fsp3) is 0.400. The first-order valence-corrected chi connectivity index (χ1v) is 12.5. The van der Waals surface area contributed by atoms with Crippen LogP contribution >= 0.6 is 0 Å². The highest BCUT2D eigenvalue weighted by Gasteiger charge is 2.27. The second kappa shape index (κ2) is 13.3. The van der Waals surface area contributed by atoms with Crippen LogP contribution in [0.2, 0.25) is 0 Å². The Kier molecular flexibility index (Phi) is 9.58. The highest BCUT2D eigenvalue weighted by atomic mass is 16.5. The summed E-state index contributed by atoms with van der Waals surface area (Å²) >= 11 is 0. The molecular formula is C30H37NO4. The zero-order chi connectivity index (χ0) is 24.3. The molecule has 0 saturated carbocycles. The number of benzene rings is 3. The maximum Gasteiger partial charge on any atom is 0.121 e. The van der Waals surface area contributed by atoms with Crippen LogP contribution in [0.3, 0.4) is 0 Å². The van der Waals surface area contributed by atoms with E-state index in [-0.39, 0.29) is 6.10 Å². The van der Waals surface area contributed by atoms with Crippen molar-refractivity contribution < 1.29 is 18.9 Å². The molecule has 0 aliphatic carbocycles. The van der Waals surface area contributed by atoms with Gasteiger partial charge < -0.3 is 24.3 Å². The molecule has 3 aromatic carbocycles. The zero-order valence-corrected chi connectivity index (χ0v) is 20.9. The lowest BCUT2D eigenvalue weighted by molar-refractivity contribution is 0.0106. The Bertz CT molecular complexity index is 1020. The molecule has 2 atom stereocenters. The lowest BCUT2D eigenvalue weighted by Crippen LogP contribution is -2.40. The number of methoxy groups -OCH3 is 1. The van der Waals surface area contributed by atoms with Gasteiger partial charge in [0, 0.05) is 18.9 Å². The van der Waals surface area contributed by atoms with E-state index in [4.69, 9.17) is 18.9 Å². The van der Waals surface area contributed by atoms with Crippen LogP contribution in [0.15, 0.2) is 72.8 Å². The van der Waals surface area contributed by atoms with E-state index in [1.165, 1.54) is 16.7 Å². The SMILES string of the molecule is COc1ccc(COC2CNCCC2c2ccc(OCCCOCc3ccccc3)cc2)cc1C. The predicted octanol–water partition coefficient (Wildman–Crippen LogP) is 5.65. The summed E-state index contributed by atoms with van der Waals surface area (Å²) in [5.41, 5.74) is 4.80. The largest absolute Gasteiger partial charge is 0.496 e. The van der Waals surface area contributed by atoms with E-state index < -0.39 is 0 Å². The zero-order valence-electron chi connectivity index (χ0n) is 20.9. The molecule has 3 aromatic rings. The minimum Gasteiger partial charge on any atom is -0.496 e. The first-order valence-electron chi connectivity index (χ1n) is 12.5. The molecule has 1 saturated heterocycles. The summed E-state index contributed by atoms with van der Waals surface area (Å²) in [6.07, 6.45) is 2.06. The molecule has 1 fully saturated rings. The Hall–Kier alpha value is -2.86. The molecule has 35 heavy (non-hydrogen) atoms. The third-order valence-corrected chi connectivity index (χ3v) is 6.47. The quantitative estimate of drug-likeness (QED) is 0.343. The molecule has 4 rings (SSSR count). The van der Waals surface area contributed by atoms with Crippen molar-refractivity contribution in [3.8, 4) is 11.5 Å². The first kappa shape index (κ1) is 25.2. The van der Waals surface area contributed by atoms with E-state index in [1.807, 2.05) is 24.3 Å². The molecule has 1 aliphatic rings. The normalized spacial score (nSPS) is 17.8. The molecule has 5 heteroatoms. The van der Waals surface area contributed by atoms with E-state index >= 15 is 0 Å². The number of hydrogen-bond donors (Lipinski definition) is 1. The van der Waals surface area contributed by atoms with E-state index in [9.17, 15) is 0 Å². The van der Waals surface area contributed by atoms with Crippen LogP contribution in [-0.4, -0.2) is 39.5 Å². The summed E-state index contributed by atoms with van der Waals surface area (Å²) in [5, 5.41) is 3.49. The van der Waals surface area contributed by atoms with Crippen LogP contribution in [-0.2, 0) is 22.7 Å². The highest BCUT2D eigenvalue weighted by molar-refractivity contribution is 5.36. The number of rotatable bonds is 12. The fourth-order valence-electron chi connectivity index (χ4n) is 4.55. The van der Waals surface area contributed by atoms with Crippen LogP contribution in [0, 0.1) is 6.92 Å². The lowest BCUT2D eigenvalue weighted by atomic mass is 9.87. The standard InChI is InChI=1S/C30H37NO4/c1-23-19-25(9-14-29(23)32-2)22-35-30-20-31-16-15-28(30)26-10-12-27(13-11-26)34-18-6-17-33-21-24-7-4-3-5-8-24/h3-5,7-14,19,28,30-31H,6,15-18,20-22H2,1-2H3. The van der Waals surface area contributed by atoms with Gasteiger partial charge in [0.2, 0.25) is 0 Å². The molecule has 0 bridgehead atoms. The number of hydrogen-bond acceptors (Lipinski definition) is 5. The summed E-state index contributed by atoms with van der Waals surface area (Å²) in [6.45, 7) is 6.51. The molecule has 0 radical (unpaired) electrons. The molecule has 1 aliphatic heterocycles. The lowest BCUT2D eigenvalue weighted by Gasteiger charge is -2.32. The number of aryl methyl sites for hydroxylation is 1. The Labute approximate surface area is 209 Å². The summed E-state index contributed by atoms with van der Waals surface area (Å²) in [4.78, 5) is 0. The predicted molar refractivity (Wildman–Crippen MR) is 139 cm³/mol. The van der Waals surface area contributed by atoms with Gasteiger partial charge in [0.25, 0.3) is 0 Å². The van der Waals surface area contributed by atoms with E-state index in [1.54, 1.807) is 7.11 Å². The van der Waals surface area contributed by atoms with Crippen LogP contribution in [0.5, 0.6) is 11.5 Å². The Morgan fingerprint density at radius 1 is 0.886 bits per heavy atom. The van der Waals surface area contributed by atoms with Gasteiger partial charge in [-0.2, -0.15) is 0 Å². The van der Waals surface area contributed by atoms with Crippen LogP contribution in [0.4, 0.5) is 0 Å². The van der Waals surface area contributed by atoms with Gasteiger partial charge in [0.15, 0.2) is 0 Å². The molecule has 0 spiro atoms. The molecular weight excluding hydrogens is 438 g/mol. The van der Waals surface area contributed by atoms with Crippen molar-refractivity contribution >= 4 is 0 Å². The van der Waals surface area contributed by atoms with Crippen molar-refractivity contribution in [3.63, 3.8) is 0 Å². The Morgan fingerprint density at radius 2 is 1.71 bits per heavy atom. The fourth-order valence-corrected chi connectivity index (χ4v) is 4.55. The molecule has 0 amide bonds. The van der Waals surface area contributed by atoms with Gasteiger partial charge in [-0.3, -0.25) is 0 Å². The van der Waals surface area contributed by atoms with Gasteiger partial charge in [-0.25, -0.2) is 0 Å². The van der Waals surface area contributed by atoms with Gasteiger partial charge >= 0.3 is 0 Å². The highest BCUT2D eigenvalue weighted by Crippen LogP contribution is 2.30. The number of ether oxygens (including phenoxy) is 4. The molecule has 186 valence electrons. The molecule has 0 aromatic heterocycles. The maximum atomic E-state index is 6.38. The van der Waals surface area contributed by atoms with Crippen molar-refractivity contribution in [2.75, 3.05) is 33.4 Å². The second-order valence-electron chi connectivity index (χ2n) is 9.06. The van der Waals surface area contributed by atoms with Gasteiger partial charge in [0.05, 0.1) is 39.6 Å². The number of piperidine rings is 1. The Morgan fingerprint density at radius 3 is 2.49 bits per heavy atom. The molecule has 5 nitrogen and oxygen atoms in total. The smallest absolute Gasteiger partial charge is 0.121 e. The summed E-state index contributed by atoms with van der Waals surface area (Å²) < 4.78 is 23.4. The molecule has 2 unspecified atom stereocenters. The van der Waals surface area contributed by atoms with Crippen LogP contribution in [0.25, 0.3) is 0 Å². The van der Waals surface area contributed by atoms with Gasteiger partial charge in [-0.1, -0.05) is 54.6 Å². The van der Waals surface area contributed by atoms with Gasteiger partial charge in [0.1, 0.15) is 11.5 Å². The minimum absolute atomic E-state index is 0.139. The van der Waals surface area contributed by atoms with Crippen molar-refractivity contribution in [2.24, 2.45) is 0 Å². The monoisotopic (exact) mass is 475 g/mol. The van der Waals surface area contributed by atoms with Crippen LogP contribution in [0.1, 0.15) is 41.0 Å². The average Bonchev–Trinajstić information content (AvgIpc) is 2.91. The first-order chi connectivity index (χ1) is 17.2. The summed E-state index contributed by atoms with van der Waals surface area (Å²) in [5.74, 6) is 2.18. The molecule has 1 N–H and O–H groups in total. The van der Waals surface area contributed by atoms with E-state index in [0.717, 1.165) is 43.0 Å². The van der Waals surface area contributed by atoms with Crippen molar-refractivity contribution in [3.05, 3.63) is 95.1 Å². The average molecular weight is 476 g/mol.